The van der Waals surface area contributed by atoms with Gasteiger partial charge in [-0.15, -0.1) is 0 Å². The van der Waals surface area contributed by atoms with Gasteiger partial charge in [0, 0.05) is 37.6 Å². The minimum Gasteiger partial charge on any atom is -0.481 e. The SMILES string of the molecule is Nc1ccc(C(=O)Oc2ccc(CN(CCOCCOCCN(Cc3ccc(OC(=O)c4ccc(N)cc4)cc3)S(=O)(=O)N[C@@H](CC(=O)O)C(=O)O)S(=O)(=O)N[C@@H](CC(=O)O)C(=O)O)cc2)cc1. The Labute approximate surface area is 389 Å². The third-order valence-electron chi connectivity index (χ3n) is 9.24. The van der Waals surface area contributed by atoms with Crippen molar-refractivity contribution in [1.82, 2.24) is 18.1 Å². The van der Waals surface area contributed by atoms with E-state index >= 15 is 0 Å². The maximum atomic E-state index is 13.4. The lowest BCUT2D eigenvalue weighted by Crippen LogP contribution is -2.49. The van der Waals surface area contributed by atoms with Gasteiger partial charge in [-0.05, 0) is 83.9 Å². The number of carboxylic acid groups (broad SMARTS) is 4. The van der Waals surface area contributed by atoms with Crippen LogP contribution in [0.25, 0.3) is 0 Å². The highest BCUT2D eigenvalue weighted by molar-refractivity contribution is 7.87. The second-order valence-electron chi connectivity index (χ2n) is 14.4. The largest absolute Gasteiger partial charge is 0.481 e. The Hall–Kier alpha value is -7.04. The fraction of sp³-hybridized carbons (Fsp3) is 0.286. The third kappa shape index (κ3) is 17.6. The maximum absolute atomic E-state index is 13.4. The Balaban J connectivity index is 1.37. The first-order valence-corrected chi connectivity index (χ1v) is 22.9. The molecule has 0 aliphatic carbocycles. The number of carbonyl (C=O) groups excluding carboxylic acids is 2. The van der Waals surface area contributed by atoms with E-state index in [2.05, 4.69) is 0 Å². The normalized spacial score (nSPS) is 12.6. The van der Waals surface area contributed by atoms with Gasteiger partial charge in [0.15, 0.2) is 0 Å². The predicted octanol–water partition coefficient (Wildman–Crippen LogP) is 1.15. The van der Waals surface area contributed by atoms with E-state index in [4.69, 9.17) is 40.6 Å². The fourth-order valence-electron chi connectivity index (χ4n) is 5.74. The van der Waals surface area contributed by atoms with Gasteiger partial charge >= 0.3 is 35.8 Å². The Bertz CT molecular complexity index is 2420. The van der Waals surface area contributed by atoms with Crippen LogP contribution in [-0.2, 0) is 62.2 Å². The lowest BCUT2D eigenvalue weighted by molar-refractivity contribution is -0.145. The van der Waals surface area contributed by atoms with Crippen LogP contribution in [0.5, 0.6) is 11.5 Å². The van der Waals surface area contributed by atoms with Gasteiger partial charge in [-0.3, -0.25) is 19.2 Å². The van der Waals surface area contributed by atoms with Crippen LogP contribution in [0.1, 0.15) is 44.7 Å². The van der Waals surface area contributed by atoms with Crippen LogP contribution in [-0.4, -0.2) is 133 Å². The summed E-state index contributed by atoms with van der Waals surface area (Å²) in [7, 11) is -9.41. The molecule has 366 valence electrons. The number of ether oxygens (including phenoxy) is 4. The molecule has 0 aliphatic rings. The van der Waals surface area contributed by atoms with Gasteiger partial charge < -0.3 is 50.8 Å². The van der Waals surface area contributed by atoms with E-state index in [0.29, 0.717) is 22.5 Å². The zero-order valence-corrected chi connectivity index (χ0v) is 37.5. The molecule has 0 aliphatic heterocycles. The summed E-state index contributed by atoms with van der Waals surface area (Å²) in [4.78, 5) is 71.0. The van der Waals surface area contributed by atoms with Gasteiger partial charge in [0.1, 0.15) is 23.6 Å². The van der Waals surface area contributed by atoms with Crippen LogP contribution in [0.4, 0.5) is 11.4 Å². The highest BCUT2D eigenvalue weighted by atomic mass is 32.2. The Morgan fingerprint density at radius 3 is 1.12 bits per heavy atom. The van der Waals surface area contributed by atoms with Gasteiger partial charge in [-0.25, -0.2) is 9.59 Å². The highest BCUT2D eigenvalue weighted by Crippen LogP contribution is 2.20. The summed E-state index contributed by atoms with van der Waals surface area (Å²) >= 11 is 0. The molecular formula is C42H48N6O18S2. The van der Waals surface area contributed by atoms with Crippen molar-refractivity contribution in [2.45, 2.75) is 38.0 Å². The zero-order valence-electron chi connectivity index (χ0n) is 35.8. The number of nitrogen functional groups attached to an aromatic ring is 2. The minimum atomic E-state index is -4.70. The molecule has 0 bridgehead atoms. The number of rotatable bonds is 29. The smallest absolute Gasteiger partial charge is 0.343 e. The van der Waals surface area contributed by atoms with Crippen molar-refractivity contribution in [3.05, 3.63) is 119 Å². The molecule has 0 radical (unpaired) electrons. The number of carbonyl (C=O) groups is 6. The van der Waals surface area contributed by atoms with Gasteiger partial charge in [-0.1, -0.05) is 24.3 Å². The number of benzene rings is 4. The number of carboxylic acids is 4. The lowest BCUT2D eigenvalue weighted by atomic mass is 10.2. The van der Waals surface area contributed by atoms with Crippen molar-refractivity contribution in [3.8, 4) is 11.5 Å². The summed E-state index contributed by atoms with van der Waals surface area (Å²) in [5.74, 6) is -7.80. The van der Waals surface area contributed by atoms with Gasteiger partial charge in [-0.2, -0.15) is 34.9 Å². The van der Waals surface area contributed by atoms with Crippen molar-refractivity contribution in [2.75, 3.05) is 51.0 Å². The molecule has 2 atom stereocenters. The topological polar surface area (TPSA) is 371 Å². The summed E-state index contributed by atoms with van der Waals surface area (Å²) in [5, 5.41) is 37.3. The first kappa shape index (κ1) is 53.6. The van der Waals surface area contributed by atoms with E-state index in [1.54, 1.807) is 0 Å². The fourth-order valence-corrected chi connectivity index (χ4v) is 8.40. The van der Waals surface area contributed by atoms with Crippen molar-refractivity contribution in [3.63, 3.8) is 0 Å². The lowest BCUT2D eigenvalue weighted by Gasteiger charge is -2.25. The van der Waals surface area contributed by atoms with E-state index in [-0.39, 0.29) is 62.1 Å². The quantitative estimate of drug-likeness (QED) is 0.0164. The number of nitrogens with two attached hydrogens (primary N) is 2. The molecule has 0 unspecified atom stereocenters. The summed E-state index contributed by atoms with van der Waals surface area (Å²) in [6.07, 6.45) is -2.14. The number of hydrogen-bond acceptors (Lipinski definition) is 16. The molecule has 0 aromatic heterocycles. The summed E-state index contributed by atoms with van der Waals surface area (Å²) in [6.45, 7) is -2.57. The third-order valence-corrected chi connectivity index (χ3v) is 12.4. The second-order valence-corrected chi connectivity index (χ2v) is 17.8. The summed E-state index contributed by atoms with van der Waals surface area (Å²) < 4.78 is 80.9. The first-order valence-electron chi connectivity index (χ1n) is 20.0. The Morgan fingerprint density at radius 1 is 0.500 bits per heavy atom. The molecule has 4 aromatic carbocycles. The number of anilines is 2. The van der Waals surface area contributed by atoms with E-state index in [1.165, 1.54) is 97.1 Å². The van der Waals surface area contributed by atoms with Crippen molar-refractivity contribution in [1.29, 1.82) is 0 Å². The van der Waals surface area contributed by atoms with E-state index in [9.17, 15) is 55.8 Å². The number of esters is 2. The molecule has 10 N–H and O–H groups in total. The maximum Gasteiger partial charge on any atom is 0.343 e. The second kappa shape index (κ2) is 25.2. The highest BCUT2D eigenvalue weighted by Gasteiger charge is 2.32. The van der Waals surface area contributed by atoms with Gasteiger partial charge in [0.2, 0.25) is 0 Å². The number of aliphatic carboxylic acids is 4. The predicted molar refractivity (Wildman–Crippen MR) is 238 cm³/mol. The molecule has 0 amide bonds. The molecule has 0 spiro atoms. The first-order chi connectivity index (χ1) is 32.1. The van der Waals surface area contributed by atoms with Gasteiger partial charge in [0.25, 0.3) is 20.4 Å². The van der Waals surface area contributed by atoms with E-state index < -0.39 is 94.2 Å². The molecule has 0 heterocycles. The molecule has 68 heavy (non-hydrogen) atoms. The van der Waals surface area contributed by atoms with Crippen LogP contribution in [0, 0.1) is 0 Å². The molecule has 4 aromatic rings. The Morgan fingerprint density at radius 2 is 0.824 bits per heavy atom. The molecule has 4 rings (SSSR count). The van der Waals surface area contributed by atoms with Crippen molar-refractivity contribution < 1.29 is 85.0 Å². The molecule has 26 heteroatoms. The van der Waals surface area contributed by atoms with Gasteiger partial charge in [0.05, 0.1) is 50.4 Å². The number of nitrogens with zero attached hydrogens (tertiary/aromatic N) is 2. The average molecular weight is 989 g/mol. The minimum absolute atomic E-state index is 0.114. The van der Waals surface area contributed by atoms with Crippen molar-refractivity contribution >= 4 is 67.6 Å². The standard InChI is InChI=1S/C42H48N6O18S2/c43-31-9-5-29(6-10-31)41(57)65-33-13-1-27(2-14-33)25-47(67(59,60)45-35(39(53)54)23-37(49)50)17-19-63-21-22-64-20-18-48(68(61,62)46-36(40(55)56)24-38(51)52)26-28-3-15-34(16-4-28)66-42(58)30-7-11-32(44)12-8-30/h1-16,35-36,45-46H,17-26,43-44H2,(H,49,50)(H,51,52)(H,53,54)(H,55,56)/t35-,36-/m0/s1. The van der Waals surface area contributed by atoms with Crippen LogP contribution in [0.2, 0.25) is 0 Å². The van der Waals surface area contributed by atoms with Crippen LogP contribution in [0.3, 0.4) is 0 Å². The summed E-state index contributed by atoms with van der Waals surface area (Å²) in [6, 6.07) is 19.2. The van der Waals surface area contributed by atoms with E-state index in [1.807, 2.05) is 9.44 Å². The average Bonchev–Trinajstić information content (AvgIpc) is 3.27. The molecule has 0 saturated heterocycles. The molecular weight excluding hydrogens is 941 g/mol. The summed E-state index contributed by atoms with van der Waals surface area (Å²) in [5.41, 5.74) is 13.3. The number of hydrogen-bond donors (Lipinski definition) is 8. The van der Waals surface area contributed by atoms with Crippen LogP contribution >= 0.6 is 0 Å². The van der Waals surface area contributed by atoms with Crippen LogP contribution < -0.4 is 30.4 Å². The van der Waals surface area contributed by atoms with Crippen LogP contribution in [0.15, 0.2) is 97.1 Å². The molecule has 0 saturated carbocycles. The van der Waals surface area contributed by atoms with Crippen molar-refractivity contribution in [2.24, 2.45) is 0 Å². The van der Waals surface area contributed by atoms with E-state index in [0.717, 1.165) is 8.61 Å². The zero-order chi connectivity index (χ0) is 50.0. The molecule has 24 nitrogen and oxygen atoms in total. The Kier molecular flexibility index (Phi) is 19.8. The molecule has 0 fully saturated rings. The number of nitrogens with one attached hydrogen (secondary N) is 2. The monoisotopic (exact) mass is 988 g/mol.